The lowest BCUT2D eigenvalue weighted by Gasteiger charge is -2.23. The number of imide groups is 1. The van der Waals surface area contributed by atoms with E-state index in [9.17, 15) is 14.4 Å². The summed E-state index contributed by atoms with van der Waals surface area (Å²) < 4.78 is 3.13. The third-order valence-corrected chi connectivity index (χ3v) is 5.45. The van der Waals surface area contributed by atoms with E-state index in [2.05, 4.69) is 22.8 Å². The first kappa shape index (κ1) is 16.1. The zero-order valence-electron chi connectivity index (χ0n) is 14.2. The van der Waals surface area contributed by atoms with Crippen molar-refractivity contribution in [1.82, 2.24) is 19.8 Å². The summed E-state index contributed by atoms with van der Waals surface area (Å²) in [6, 6.07) is 5.46. The smallest absolute Gasteiger partial charge is 0.317 e. The molecule has 7 nitrogen and oxygen atoms in total. The minimum absolute atomic E-state index is 0.216. The van der Waals surface area contributed by atoms with Crippen LogP contribution >= 0.6 is 0 Å². The van der Waals surface area contributed by atoms with Gasteiger partial charge in [0.15, 0.2) is 0 Å². The Labute approximate surface area is 145 Å². The number of aryl methyl sites for hydroxylation is 1. The average Bonchev–Trinajstić information content (AvgIpc) is 2.87. The average molecular weight is 342 g/mol. The van der Waals surface area contributed by atoms with Crippen LogP contribution < -0.4 is 16.3 Å². The number of hydrogen-bond donors (Lipinski definition) is 2. The summed E-state index contributed by atoms with van der Waals surface area (Å²) in [5, 5.41) is 5.70. The molecule has 2 aliphatic rings. The number of carbonyl (C=O) groups is 2. The van der Waals surface area contributed by atoms with Crippen molar-refractivity contribution in [2.45, 2.75) is 37.6 Å². The predicted molar refractivity (Wildman–Crippen MR) is 93.4 cm³/mol. The van der Waals surface area contributed by atoms with Crippen molar-refractivity contribution in [3.8, 4) is 0 Å². The van der Waals surface area contributed by atoms with Gasteiger partial charge in [0.1, 0.15) is 6.04 Å². The number of amides is 2. The first-order valence-corrected chi connectivity index (χ1v) is 8.81. The predicted octanol–water partition coefficient (Wildman–Crippen LogP) is 0.785. The number of piperidine rings is 2. The van der Waals surface area contributed by atoms with Crippen LogP contribution in [0.1, 0.15) is 43.2 Å². The van der Waals surface area contributed by atoms with Crippen LogP contribution in [0.2, 0.25) is 0 Å². The van der Waals surface area contributed by atoms with E-state index in [-0.39, 0.29) is 18.0 Å². The monoisotopic (exact) mass is 342 g/mol. The molecule has 2 N–H and O–H groups in total. The second-order valence-electron chi connectivity index (χ2n) is 6.95. The number of imidazole rings is 1. The number of rotatable bonds is 2. The van der Waals surface area contributed by atoms with Crippen LogP contribution in [0.15, 0.2) is 23.0 Å². The second-order valence-corrected chi connectivity index (χ2v) is 6.95. The normalized spacial score (nSPS) is 22.4. The topological polar surface area (TPSA) is 85.1 Å². The fourth-order valence-corrected chi connectivity index (χ4v) is 4.02. The maximum absolute atomic E-state index is 12.8. The van der Waals surface area contributed by atoms with Gasteiger partial charge in [0, 0.05) is 13.5 Å². The van der Waals surface area contributed by atoms with E-state index in [0.29, 0.717) is 12.3 Å². The zero-order valence-corrected chi connectivity index (χ0v) is 14.2. The second kappa shape index (κ2) is 6.15. The molecule has 1 unspecified atom stereocenters. The van der Waals surface area contributed by atoms with Crippen molar-refractivity contribution in [2.75, 3.05) is 13.1 Å². The molecule has 0 radical (unpaired) electrons. The molecular weight excluding hydrogens is 320 g/mol. The highest BCUT2D eigenvalue weighted by atomic mass is 16.2. The first-order chi connectivity index (χ1) is 12.1. The lowest BCUT2D eigenvalue weighted by Crippen LogP contribution is -2.44. The quantitative estimate of drug-likeness (QED) is 0.790. The largest absolute Gasteiger partial charge is 0.329 e. The molecule has 2 amide bonds. The van der Waals surface area contributed by atoms with Crippen molar-refractivity contribution < 1.29 is 9.59 Å². The van der Waals surface area contributed by atoms with Gasteiger partial charge in [-0.1, -0.05) is 6.07 Å². The highest BCUT2D eigenvalue weighted by Crippen LogP contribution is 2.29. The van der Waals surface area contributed by atoms with Gasteiger partial charge in [0.2, 0.25) is 11.8 Å². The summed E-state index contributed by atoms with van der Waals surface area (Å²) in [5.41, 5.74) is 2.61. The molecule has 7 heteroatoms. The molecule has 4 rings (SSSR count). The molecule has 0 saturated carbocycles. The minimum Gasteiger partial charge on any atom is -0.317 e. The third-order valence-electron chi connectivity index (χ3n) is 5.45. The summed E-state index contributed by atoms with van der Waals surface area (Å²) in [6.45, 7) is 2.03. The van der Waals surface area contributed by atoms with E-state index in [1.807, 2.05) is 6.07 Å². The molecule has 2 aliphatic heterocycles. The van der Waals surface area contributed by atoms with E-state index in [1.165, 1.54) is 10.1 Å². The number of nitrogens with one attached hydrogen (secondary N) is 2. The number of nitrogens with zero attached hydrogens (tertiary/aromatic N) is 2. The summed E-state index contributed by atoms with van der Waals surface area (Å²) in [4.78, 5) is 36.4. The van der Waals surface area contributed by atoms with E-state index < -0.39 is 11.9 Å². The molecule has 3 heterocycles. The third kappa shape index (κ3) is 2.68. The van der Waals surface area contributed by atoms with E-state index in [4.69, 9.17) is 0 Å². The number of aromatic nitrogens is 2. The molecule has 2 saturated heterocycles. The van der Waals surface area contributed by atoms with Crippen molar-refractivity contribution >= 4 is 22.8 Å². The minimum atomic E-state index is -0.626. The summed E-state index contributed by atoms with van der Waals surface area (Å²) >= 11 is 0. The van der Waals surface area contributed by atoms with Crippen LogP contribution in [0.4, 0.5) is 0 Å². The lowest BCUT2D eigenvalue weighted by molar-refractivity contribution is -0.135. The lowest BCUT2D eigenvalue weighted by atomic mass is 9.90. The van der Waals surface area contributed by atoms with E-state index in [1.54, 1.807) is 11.6 Å². The van der Waals surface area contributed by atoms with Crippen LogP contribution in [0.5, 0.6) is 0 Å². The van der Waals surface area contributed by atoms with Gasteiger partial charge in [-0.15, -0.1) is 0 Å². The molecule has 0 aliphatic carbocycles. The van der Waals surface area contributed by atoms with Crippen LogP contribution in [0, 0.1) is 0 Å². The fourth-order valence-electron chi connectivity index (χ4n) is 4.02. The van der Waals surface area contributed by atoms with Crippen LogP contribution in [0.3, 0.4) is 0 Å². The van der Waals surface area contributed by atoms with Crippen LogP contribution in [-0.4, -0.2) is 34.0 Å². The Morgan fingerprint density at radius 1 is 1.04 bits per heavy atom. The molecule has 2 aromatic rings. The molecule has 25 heavy (non-hydrogen) atoms. The Morgan fingerprint density at radius 2 is 1.80 bits per heavy atom. The SMILES string of the molecule is Cn1c(=O)n(C2CCC(=O)NC2=O)c2ccc(C3CCNCC3)cc21. The Balaban J connectivity index is 1.78. The molecule has 1 aromatic heterocycles. The fraction of sp³-hybridized carbons (Fsp3) is 0.500. The van der Waals surface area contributed by atoms with Gasteiger partial charge in [0.05, 0.1) is 11.0 Å². The molecule has 2 fully saturated rings. The van der Waals surface area contributed by atoms with Gasteiger partial charge in [-0.05, 0) is 56.0 Å². The maximum atomic E-state index is 12.8. The van der Waals surface area contributed by atoms with Gasteiger partial charge in [0.25, 0.3) is 0 Å². The highest BCUT2D eigenvalue weighted by molar-refractivity contribution is 6.00. The van der Waals surface area contributed by atoms with Crippen LogP contribution in [-0.2, 0) is 16.6 Å². The Morgan fingerprint density at radius 3 is 2.52 bits per heavy atom. The molecule has 132 valence electrons. The number of carbonyl (C=O) groups excluding carboxylic acids is 2. The maximum Gasteiger partial charge on any atom is 0.329 e. The van der Waals surface area contributed by atoms with Gasteiger partial charge < -0.3 is 5.32 Å². The van der Waals surface area contributed by atoms with Gasteiger partial charge in [-0.25, -0.2) is 4.79 Å². The highest BCUT2D eigenvalue weighted by Gasteiger charge is 2.31. The Bertz CT molecular complexity index is 905. The van der Waals surface area contributed by atoms with Crippen molar-refractivity contribution in [3.63, 3.8) is 0 Å². The van der Waals surface area contributed by atoms with Gasteiger partial charge >= 0.3 is 5.69 Å². The zero-order chi connectivity index (χ0) is 17.6. The molecule has 1 aromatic carbocycles. The van der Waals surface area contributed by atoms with Crippen molar-refractivity contribution in [3.05, 3.63) is 34.2 Å². The van der Waals surface area contributed by atoms with E-state index >= 15 is 0 Å². The molecule has 0 bridgehead atoms. The first-order valence-electron chi connectivity index (χ1n) is 8.81. The van der Waals surface area contributed by atoms with Crippen molar-refractivity contribution in [1.29, 1.82) is 0 Å². The van der Waals surface area contributed by atoms with Crippen LogP contribution in [0.25, 0.3) is 11.0 Å². The number of benzene rings is 1. The number of fused-ring (bicyclic) bond motifs is 1. The summed E-state index contributed by atoms with van der Waals surface area (Å²) in [5.74, 6) is -0.171. The molecule has 1 atom stereocenters. The summed E-state index contributed by atoms with van der Waals surface area (Å²) in [6.07, 6.45) is 2.80. The molecular formula is C18H22N4O3. The van der Waals surface area contributed by atoms with Gasteiger partial charge in [-0.2, -0.15) is 0 Å². The van der Waals surface area contributed by atoms with E-state index in [0.717, 1.165) is 37.0 Å². The standard InChI is InChI=1S/C18H22N4O3/c1-21-15-10-12(11-6-8-19-9-7-11)2-3-13(15)22(18(21)25)14-4-5-16(23)20-17(14)24/h2-3,10-11,14,19H,4-9H2,1H3,(H,20,23,24). The van der Waals surface area contributed by atoms with Gasteiger partial charge in [-0.3, -0.25) is 24.0 Å². The molecule has 0 spiro atoms. The summed E-state index contributed by atoms with van der Waals surface area (Å²) in [7, 11) is 1.74. The Kier molecular flexibility index (Phi) is 3.95. The number of hydrogen-bond acceptors (Lipinski definition) is 4. The van der Waals surface area contributed by atoms with Crippen molar-refractivity contribution in [2.24, 2.45) is 7.05 Å². The Hall–Kier alpha value is -2.41.